The minimum absolute atomic E-state index is 0.123. The number of imidazole rings is 1. The van der Waals surface area contributed by atoms with Crippen LogP contribution in [0.3, 0.4) is 0 Å². The SMILES string of the molecule is CC[C@H](Cn1nc(-c2cccs2)ccc1=O)NC(=O)Cn1cnc2ccccc21. The first-order chi connectivity index (χ1) is 14.1. The van der Waals surface area contributed by atoms with E-state index >= 15 is 0 Å². The van der Waals surface area contributed by atoms with E-state index in [1.54, 1.807) is 23.7 Å². The Balaban J connectivity index is 1.46. The Morgan fingerprint density at radius 2 is 2.03 bits per heavy atom. The number of aromatic nitrogens is 4. The van der Waals surface area contributed by atoms with Crippen molar-refractivity contribution in [2.24, 2.45) is 0 Å². The van der Waals surface area contributed by atoms with E-state index < -0.39 is 0 Å². The van der Waals surface area contributed by atoms with E-state index in [1.165, 1.54) is 10.7 Å². The number of carbonyl (C=O) groups excluding carboxylic acids is 1. The summed E-state index contributed by atoms with van der Waals surface area (Å²) in [6, 6.07) is 14.7. The average molecular weight is 407 g/mol. The molecule has 4 aromatic rings. The molecule has 0 aliphatic heterocycles. The highest BCUT2D eigenvalue weighted by molar-refractivity contribution is 7.13. The monoisotopic (exact) mass is 407 g/mol. The summed E-state index contributed by atoms with van der Waals surface area (Å²) in [5.41, 5.74) is 2.34. The maximum Gasteiger partial charge on any atom is 0.266 e. The number of nitrogens with zero attached hydrogens (tertiary/aromatic N) is 4. The number of hydrogen-bond donors (Lipinski definition) is 1. The second kappa shape index (κ2) is 8.40. The maximum absolute atomic E-state index is 12.6. The van der Waals surface area contributed by atoms with E-state index in [0.717, 1.165) is 21.6 Å². The Morgan fingerprint density at radius 3 is 2.83 bits per heavy atom. The summed E-state index contributed by atoms with van der Waals surface area (Å²) in [7, 11) is 0. The molecule has 0 spiro atoms. The summed E-state index contributed by atoms with van der Waals surface area (Å²) in [5.74, 6) is -0.123. The fraction of sp³-hybridized carbons (Fsp3) is 0.238. The molecule has 1 aromatic carbocycles. The first-order valence-electron chi connectivity index (χ1n) is 9.45. The lowest BCUT2D eigenvalue weighted by Gasteiger charge is -2.18. The van der Waals surface area contributed by atoms with Crippen molar-refractivity contribution in [1.82, 2.24) is 24.6 Å². The number of thiophene rings is 1. The lowest BCUT2D eigenvalue weighted by molar-refractivity contribution is -0.122. The van der Waals surface area contributed by atoms with Crippen LogP contribution in [0.15, 0.2) is 65.0 Å². The van der Waals surface area contributed by atoms with Crippen molar-refractivity contribution in [2.75, 3.05) is 0 Å². The van der Waals surface area contributed by atoms with Gasteiger partial charge in [0.1, 0.15) is 12.2 Å². The van der Waals surface area contributed by atoms with Gasteiger partial charge in [0.25, 0.3) is 5.56 Å². The zero-order valence-corrected chi connectivity index (χ0v) is 16.8. The fourth-order valence-electron chi connectivity index (χ4n) is 3.19. The van der Waals surface area contributed by atoms with E-state index in [9.17, 15) is 9.59 Å². The average Bonchev–Trinajstić information content (AvgIpc) is 3.40. The summed E-state index contributed by atoms with van der Waals surface area (Å²) in [6.45, 7) is 2.48. The van der Waals surface area contributed by atoms with Crippen LogP contribution in [-0.2, 0) is 17.9 Å². The molecule has 148 valence electrons. The van der Waals surface area contributed by atoms with Gasteiger partial charge in [-0.15, -0.1) is 11.3 Å². The van der Waals surface area contributed by atoms with Crippen LogP contribution in [-0.4, -0.2) is 31.3 Å². The van der Waals surface area contributed by atoms with E-state index in [2.05, 4.69) is 15.4 Å². The van der Waals surface area contributed by atoms with Gasteiger partial charge in [-0.2, -0.15) is 5.10 Å². The highest BCUT2D eigenvalue weighted by Gasteiger charge is 2.15. The van der Waals surface area contributed by atoms with Crippen LogP contribution < -0.4 is 10.9 Å². The van der Waals surface area contributed by atoms with Gasteiger partial charge in [-0.25, -0.2) is 9.67 Å². The number of fused-ring (bicyclic) bond motifs is 1. The third-order valence-corrected chi connectivity index (χ3v) is 5.63. The zero-order chi connectivity index (χ0) is 20.2. The Labute approximate surface area is 171 Å². The Bertz CT molecular complexity index is 1180. The smallest absolute Gasteiger partial charge is 0.266 e. The van der Waals surface area contributed by atoms with Gasteiger partial charge in [-0.05, 0) is 36.1 Å². The van der Waals surface area contributed by atoms with Gasteiger partial charge in [-0.1, -0.05) is 25.1 Å². The molecule has 0 unspecified atom stereocenters. The molecule has 0 aliphatic rings. The van der Waals surface area contributed by atoms with Crippen molar-refractivity contribution >= 4 is 28.3 Å². The Kier molecular flexibility index (Phi) is 5.53. The summed E-state index contributed by atoms with van der Waals surface area (Å²) < 4.78 is 3.25. The number of amides is 1. The van der Waals surface area contributed by atoms with Crippen LogP contribution in [0.2, 0.25) is 0 Å². The summed E-state index contributed by atoms with van der Waals surface area (Å²) in [5, 5.41) is 9.46. The fourth-order valence-corrected chi connectivity index (χ4v) is 3.88. The van der Waals surface area contributed by atoms with Gasteiger partial charge in [0.05, 0.1) is 28.8 Å². The van der Waals surface area contributed by atoms with Gasteiger partial charge in [0.15, 0.2) is 0 Å². The standard InChI is InChI=1S/C21H21N5O2S/c1-2-15(12-26-21(28)10-9-17(24-26)19-8-5-11-29-19)23-20(27)13-25-14-22-16-6-3-4-7-18(16)25/h3-11,14-15H,2,12-13H2,1H3,(H,23,27)/t15-/m1/s1. The van der Waals surface area contributed by atoms with Gasteiger partial charge in [-0.3, -0.25) is 9.59 Å². The van der Waals surface area contributed by atoms with Gasteiger partial charge < -0.3 is 9.88 Å². The van der Waals surface area contributed by atoms with Crippen molar-refractivity contribution in [2.45, 2.75) is 32.5 Å². The van der Waals surface area contributed by atoms with Crippen molar-refractivity contribution in [1.29, 1.82) is 0 Å². The summed E-state index contributed by atoms with van der Waals surface area (Å²) in [6.07, 6.45) is 2.36. The molecular formula is C21H21N5O2S. The number of carbonyl (C=O) groups is 1. The molecule has 0 saturated carbocycles. The minimum atomic E-state index is -0.193. The predicted octanol–water partition coefficient (Wildman–Crippen LogP) is 2.92. The van der Waals surface area contributed by atoms with Crippen LogP contribution in [0, 0.1) is 0 Å². The first kappa shape index (κ1) is 19.1. The van der Waals surface area contributed by atoms with Gasteiger partial charge in [0, 0.05) is 12.1 Å². The molecule has 7 nitrogen and oxygen atoms in total. The largest absolute Gasteiger partial charge is 0.350 e. The molecule has 1 atom stereocenters. The number of hydrogen-bond acceptors (Lipinski definition) is 5. The lowest BCUT2D eigenvalue weighted by Crippen LogP contribution is -2.41. The van der Waals surface area contributed by atoms with Crippen molar-refractivity contribution in [3.63, 3.8) is 0 Å². The van der Waals surface area contributed by atoms with Crippen molar-refractivity contribution in [3.05, 3.63) is 70.6 Å². The van der Waals surface area contributed by atoms with E-state index in [1.807, 2.05) is 53.3 Å². The molecule has 0 bridgehead atoms. The normalized spacial score (nSPS) is 12.2. The molecule has 8 heteroatoms. The third kappa shape index (κ3) is 4.27. The number of para-hydroxylation sites is 2. The maximum atomic E-state index is 12.6. The molecule has 0 radical (unpaired) electrons. The molecular weight excluding hydrogens is 386 g/mol. The van der Waals surface area contributed by atoms with Crippen LogP contribution >= 0.6 is 11.3 Å². The van der Waals surface area contributed by atoms with Crippen molar-refractivity contribution in [3.8, 4) is 10.6 Å². The first-order valence-corrected chi connectivity index (χ1v) is 10.3. The van der Waals surface area contributed by atoms with E-state index in [4.69, 9.17) is 0 Å². The molecule has 3 heterocycles. The molecule has 0 fully saturated rings. The molecule has 4 rings (SSSR count). The molecule has 29 heavy (non-hydrogen) atoms. The molecule has 3 aromatic heterocycles. The van der Waals surface area contributed by atoms with Crippen LogP contribution in [0.1, 0.15) is 13.3 Å². The Hall–Kier alpha value is -3.26. The molecule has 0 saturated heterocycles. The summed E-state index contributed by atoms with van der Waals surface area (Å²) >= 11 is 1.57. The third-order valence-electron chi connectivity index (χ3n) is 4.73. The van der Waals surface area contributed by atoms with Crippen LogP contribution in [0.5, 0.6) is 0 Å². The summed E-state index contributed by atoms with van der Waals surface area (Å²) in [4.78, 5) is 30.2. The number of nitrogens with one attached hydrogen (secondary N) is 1. The highest BCUT2D eigenvalue weighted by Crippen LogP contribution is 2.21. The lowest BCUT2D eigenvalue weighted by atomic mass is 10.2. The highest BCUT2D eigenvalue weighted by atomic mass is 32.1. The van der Waals surface area contributed by atoms with E-state index in [-0.39, 0.29) is 24.1 Å². The van der Waals surface area contributed by atoms with Crippen molar-refractivity contribution < 1.29 is 4.79 Å². The molecule has 0 aliphatic carbocycles. The van der Waals surface area contributed by atoms with Gasteiger partial charge in [0.2, 0.25) is 5.91 Å². The Morgan fingerprint density at radius 1 is 1.17 bits per heavy atom. The number of benzene rings is 1. The van der Waals surface area contributed by atoms with Crippen LogP contribution in [0.4, 0.5) is 0 Å². The van der Waals surface area contributed by atoms with E-state index in [0.29, 0.717) is 13.0 Å². The minimum Gasteiger partial charge on any atom is -0.350 e. The second-order valence-corrected chi connectivity index (χ2v) is 7.70. The second-order valence-electron chi connectivity index (χ2n) is 6.75. The number of rotatable bonds is 7. The zero-order valence-electron chi connectivity index (χ0n) is 16.0. The van der Waals surface area contributed by atoms with Gasteiger partial charge >= 0.3 is 0 Å². The molecule has 1 N–H and O–H groups in total. The molecule has 1 amide bonds. The predicted molar refractivity (Wildman–Crippen MR) is 114 cm³/mol. The van der Waals surface area contributed by atoms with Crippen LogP contribution in [0.25, 0.3) is 21.6 Å². The quantitative estimate of drug-likeness (QED) is 0.511. The topological polar surface area (TPSA) is 81.8 Å².